The van der Waals surface area contributed by atoms with Crippen LogP contribution < -0.4 is 25.6 Å². The number of ketones is 1. The summed E-state index contributed by atoms with van der Waals surface area (Å²) < 4.78 is 19.0. The van der Waals surface area contributed by atoms with Gasteiger partial charge in [-0.3, -0.25) is 14.9 Å². The van der Waals surface area contributed by atoms with Gasteiger partial charge < -0.3 is 20.3 Å². The zero-order chi connectivity index (χ0) is 20.4. The molecule has 0 aliphatic carbocycles. The molecule has 3 amide bonds. The Labute approximate surface area is 166 Å². The van der Waals surface area contributed by atoms with Crippen molar-refractivity contribution in [1.29, 1.82) is 0 Å². The number of ether oxygens (including phenoxy) is 1. The van der Waals surface area contributed by atoms with Crippen LogP contribution in [0.5, 0.6) is 5.75 Å². The number of nitrogens with zero attached hydrogens (tertiary/aromatic N) is 1. The highest BCUT2D eigenvalue weighted by Crippen LogP contribution is 2.33. The summed E-state index contributed by atoms with van der Waals surface area (Å²) in [5.41, 5.74) is 0.664. The fraction of sp³-hybridized carbons (Fsp3) is 0.500. The summed E-state index contributed by atoms with van der Waals surface area (Å²) in [5, 5.41) is 7.79. The Balaban J connectivity index is 1.69. The second-order valence-electron chi connectivity index (χ2n) is 6.83. The maximum absolute atomic E-state index is 14.0. The minimum atomic E-state index is -0.688. The summed E-state index contributed by atoms with van der Waals surface area (Å²) in [4.78, 5) is 37.5. The van der Waals surface area contributed by atoms with Crippen LogP contribution in [0.2, 0.25) is 5.02 Å². The number of imide groups is 1. The van der Waals surface area contributed by atoms with Crippen molar-refractivity contribution in [3.05, 3.63) is 23.0 Å². The number of urea groups is 1. The van der Waals surface area contributed by atoms with Crippen LogP contribution in [-0.2, 0) is 9.59 Å². The van der Waals surface area contributed by atoms with Crippen LogP contribution in [-0.4, -0.2) is 56.0 Å². The first-order chi connectivity index (χ1) is 13.3. The van der Waals surface area contributed by atoms with Gasteiger partial charge in [0.05, 0.1) is 18.2 Å². The number of nitrogens with one attached hydrogen (secondary N) is 3. The van der Waals surface area contributed by atoms with Gasteiger partial charge in [0.15, 0.2) is 17.3 Å². The van der Waals surface area contributed by atoms with Gasteiger partial charge in [-0.15, -0.1) is 0 Å². The van der Waals surface area contributed by atoms with Crippen molar-refractivity contribution in [3.63, 3.8) is 0 Å². The lowest BCUT2D eigenvalue weighted by atomic mass is 9.96. The average molecular weight is 413 g/mol. The number of carbonyl (C=O) groups is 3. The molecule has 0 saturated carbocycles. The van der Waals surface area contributed by atoms with Gasteiger partial charge in [0, 0.05) is 37.3 Å². The molecule has 1 aromatic rings. The summed E-state index contributed by atoms with van der Waals surface area (Å²) >= 11 is 5.97. The molecule has 2 heterocycles. The number of methoxy groups -OCH3 is 1. The Morgan fingerprint density at radius 3 is 2.79 bits per heavy atom. The molecule has 2 aliphatic heterocycles. The number of Topliss-reactive ketones (excluding diaryl/α,β-unsaturated/α-hetero) is 1. The molecule has 10 heteroatoms. The Morgan fingerprint density at radius 2 is 2.14 bits per heavy atom. The minimum absolute atomic E-state index is 0.0408. The van der Waals surface area contributed by atoms with E-state index in [1.165, 1.54) is 13.2 Å². The molecule has 2 aliphatic rings. The summed E-state index contributed by atoms with van der Waals surface area (Å²) in [6, 6.07) is 1.15. The first-order valence-corrected chi connectivity index (χ1v) is 9.36. The fourth-order valence-corrected chi connectivity index (χ4v) is 3.82. The van der Waals surface area contributed by atoms with E-state index in [-0.39, 0.29) is 35.4 Å². The highest BCUT2D eigenvalue weighted by atomic mass is 35.5. The minimum Gasteiger partial charge on any atom is -0.494 e. The molecule has 3 N–H and O–H groups in total. The number of rotatable bonds is 6. The molecule has 2 fully saturated rings. The van der Waals surface area contributed by atoms with Gasteiger partial charge in [-0.1, -0.05) is 11.6 Å². The number of hydrogen-bond acceptors (Lipinski definition) is 6. The van der Waals surface area contributed by atoms with Gasteiger partial charge in [0.1, 0.15) is 6.04 Å². The molecule has 2 saturated heterocycles. The van der Waals surface area contributed by atoms with Crippen LogP contribution in [0.25, 0.3) is 0 Å². The third-order valence-electron chi connectivity index (χ3n) is 5.11. The number of carbonyl (C=O) groups excluding carboxylic acids is 3. The number of anilines is 1. The monoisotopic (exact) mass is 412 g/mol. The van der Waals surface area contributed by atoms with Crippen molar-refractivity contribution in [1.82, 2.24) is 16.0 Å². The van der Waals surface area contributed by atoms with Gasteiger partial charge >= 0.3 is 6.03 Å². The van der Waals surface area contributed by atoms with Gasteiger partial charge in [0.2, 0.25) is 0 Å². The lowest BCUT2D eigenvalue weighted by molar-refractivity contribution is -0.122. The van der Waals surface area contributed by atoms with Crippen molar-refractivity contribution in [2.45, 2.75) is 37.9 Å². The molecule has 1 unspecified atom stereocenters. The third-order valence-corrected chi connectivity index (χ3v) is 5.38. The van der Waals surface area contributed by atoms with E-state index in [1.807, 2.05) is 11.8 Å². The van der Waals surface area contributed by atoms with Crippen molar-refractivity contribution >= 4 is 35.0 Å². The normalized spacial score (nSPS) is 24.7. The second-order valence-corrected chi connectivity index (χ2v) is 7.24. The zero-order valence-electron chi connectivity index (χ0n) is 15.6. The van der Waals surface area contributed by atoms with Crippen molar-refractivity contribution in [3.8, 4) is 5.75 Å². The highest BCUT2D eigenvalue weighted by Gasteiger charge is 2.35. The van der Waals surface area contributed by atoms with Crippen molar-refractivity contribution < 1.29 is 23.5 Å². The van der Waals surface area contributed by atoms with Crippen molar-refractivity contribution in [2.24, 2.45) is 0 Å². The SMILES string of the molecule is COc1cc(N2CCNC(C(=O)CC[C@H]3NC(=O)NC3=O)[C@@H]2C)cc(Cl)c1F. The molecule has 1 aromatic carbocycles. The van der Waals surface area contributed by atoms with E-state index in [2.05, 4.69) is 16.0 Å². The van der Waals surface area contributed by atoms with E-state index in [4.69, 9.17) is 16.3 Å². The number of piperazine rings is 1. The maximum Gasteiger partial charge on any atom is 0.322 e. The Kier molecular flexibility index (Phi) is 6.04. The zero-order valence-corrected chi connectivity index (χ0v) is 16.3. The fourth-order valence-electron chi connectivity index (χ4n) is 3.61. The largest absolute Gasteiger partial charge is 0.494 e. The maximum atomic E-state index is 14.0. The molecule has 0 spiro atoms. The van der Waals surface area contributed by atoms with E-state index in [9.17, 15) is 18.8 Å². The Hall–Kier alpha value is -2.39. The number of hydrogen-bond donors (Lipinski definition) is 3. The molecule has 152 valence electrons. The molecule has 0 radical (unpaired) electrons. The van der Waals surface area contributed by atoms with E-state index < -0.39 is 29.8 Å². The van der Waals surface area contributed by atoms with Crippen LogP contribution in [0.3, 0.4) is 0 Å². The summed E-state index contributed by atoms with van der Waals surface area (Å²) in [6.45, 7) is 3.05. The topological polar surface area (TPSA) is 99.8 Å². The van der Waals surface area contributed by atoms with E-state index in [0.717, 1.165) is 0 Å². The van der Waals surface area contributed by atoms with Gasteiger partial charge in [-0.2, -0.15) is 0 Å². The average Bonchev–Trinajstić information content (AvgIpc) is 2.99. The van der Waals surface area contributed by atoms with Gasteiger partial charge in [0.25, 0.3) is 5.91 Å². The number of benzene rings is 1. The van der Waals surface area contributed by atoms with Crippen LogP contribution >= 0.6 is 11.6 Å². The lowest BCUT2D eigenvalue weighted by Gasteiger charge is -2.41. The highest BCUT2D eigenvalue weighted by molar-refractivity contribution is 6.31. The molecule has 8 nitrogen and oxygen atoms in total. The van der Waals surface area contributed by atoms with E-state index >= 15 is 0 Å². The van der Waals surface area contributed by atoms with E-state index in [0.29, 0.717) is 18.8 Å². The number of halogens is 2. The second kappa shape index (κ2) is 8.32. The Morgan fingerprint density at radius 1 is 1.39 bits per heavy atom. The molecular formula is C18H22ClFN4O4. The smallest absolute Gasteiger partial charge is 0.322 e. The predicted octanol–water partition coefficient (Wildman–Crippen LogP) is 1.21. The van der Waals surface area contributed by atoms with Gasteiger partial charge in [-0.05, 0) is 19.4 Å². The standard InChI is InChI=1S/C18H22ClFN4O4/c1-9-16(13(25)4-3-12-17(26)23-18(27)22-12)21-5-6-24(9)10-7-11(19)15(20)14(8-10)28-2/h7-9,12,16,21H,3-6H2,1-2H3,(H2,22,23,26,27)/t9-,12+,16?/m0/s1. The van der Waals surface area contributed by atoms with Crippen LogP contribution in [0.1, 0.15) is 19.8 Å². The van der Waals surface area contributed by atoms with Crippen LogP contribution in [0.15, 0.2) is 12.1 Å². The molecule has 0 aromatic heterocycles. The molecule has 3 atom stereocenters. The lowest BCUT2D eigenvalue weighted by Crippen LogP contribution is -2.60. The molecular weight excluding hydrogens is 391 g/mol. The number of amides is 3. The summed E-state index contributed by atoms with van der Waals surface area (Å²) in [6.07, 6.45) is 0.374. The van der Waals surface area contributed by atoms with E-state index in [1.54, 1.807) is 6.07 Å². The predicted molar refractivity (Wildman–Crippen MR) is 101 cm³/mol. The summed E-state index contributed by atoms with van der Waals surface area (Å²) in [7, 11) is 1.37. The quantitative estimate of drug-likeness (QED) is 0.607. The molecule has 3 rings (SSSR count). The summed E-state index contributed by atoms with van der Waals surface area (Å²) in [5.74, 6) is -1.07. The van der Waals surface area contributed by atoms with Crippen molar-refractivity contribution in [2.75, 3.05) is 25.1 Å². The van der Waals surface area contributed by atoms with Crippen LogP contribution in [0, 0.1) is 5.82 Å². The van der Waals surface area contributed by atoms with Gasteiger partial charge in [-0.25, -0.2) is 9.18 Å². The Bertz CT molecular complexity index is 806. The van der Waals surface area contributed by atoms with Crippen LogP contribution in [0.4, 0.5) is 14.9 Å². The molecule has 0 bridgehead atoms. The molecule has 28 heavy (non-hydrogen) atoms. The first kappa shape index (κ1) is 20.3. The third kappa shape index (κ3) is 4.05. The first-order valence-electron chi connectivity index (χ1n) is 8.99.